The molecule has 0 aliphatic rings. The van der Waals surface area contributed by atoms with Crippen molar-refractivity contribution in [3.05, 3.63) is 44.5 Å². The lowest BCUT2D eigenvalue weighted by Crippen LogP contribution is -2.12. The fraction of sp³-hybridized carbons (Fsp3) is 0.273. The summed E-state index contributed by atoms with van der Waals surface area (Å²) in [6.45, 7) is 2.58. The van der Waals surface area contributed by atoms with Crippen LogP contribution in [0.3, 0.4) is 0 Å². The van der Waals surface area contributed by atoms with E-state index in [1.54, 1.807) is 44.4 Å². The Hall–Kier alpha value is -2.98. The lowest BCUT2D eigenvalue weighted by atomic mass is 10.1. The van der Waals surface area contributed by atoms with E-state index in [4.69, 9.17) is 18.9 Å². The van der Waals surface area contributed by atoms with E-state index in [1.807, 2.05) is 24.4 Å². The van der Waals surface area contributed by atoms with Gasteiger partial charge in [-0.1, -0.05) is 0 Å². The third-order valence-corrected chi connectivity index (χ3v) is 5.99. The number of methoxy groups -OCH3 is 4. The van der Waals surface area contributed by atoms with Crippen LogP contribution in [0.1, 0.15) is 12.5 Å². The minimum Gasteiger partial charge on any atom is -0.503 e. The average Bonchev–Trinajstić information content (AvgIpc) is 3.21. The summed E-state index contributed by atoms with van der Waals surface area (Å²) in [6, 6.07) is 7.19. The average molecular weight is 522 g/mol. The summed E-state index contributed by atoms with van der Waals surface area (Å²) in [7, 11) is 6.22. The van der Waals surface area contributed by atoms with Gasteiger partial charge in [0.2, 0.25) is 10.6 Å². The van der Waals surface area contributed by atoms with E-state index in [2.05, 4.69) is 26.0 Å². The van der Waals surface area contributed by atoms with Gasteiger partial charge in [-0.2, -0.15) is 5.10 Å². The van der Waals surface area contributed by atoms with Crippen LogP contribution in [0.5, 0.6) is 28.7 Å². The molecule has 1 heterocycles. The highest BCUT2D eigenvalue weighted by Crippen LogP contribution is 2.41. The zero-order valence-electron chi connectivity index (χ0n) is 18.4. The first-order chi connectivity index (χ1) is 15.5. The van der Waals surface area contributed by atoms with Crippen LogP contribution in [0, 0.1) is 0 Å². The number of hydrogen-bond acceptors (Lipinski definition) is 8. The maximum absolute atomic E-state index is 10.1. The topological polar surface area (TPSA) is 86.8 Å². The second-order valence-electron chi connectivity index (χ2n) is 6.40. The van der Waals surface area contributed by atoms with Crippen molar-refractivity contribution in [2.24, 2.45) is 10.1 Å². The molecule has 10 heteroatoms. The Labute approximate surface area is 198 Å². The zero-order valence-corrected chi connectivity index (χ0v) is 20.8. The number of nitrogens with zero attached hydrogens (tertiary/aromatic N) is 3. The van der Waals surface area contributed by atoms with Crippen LogP contribution in [0.2, 0.25) is 0 Å². The predicted molar refractivity (Wildman–Crippen MR) is 129 cm³/mol. The van der Waals surface area contributed by atoms with E-state index in [0.717, 1.165) is 21.6 Å². The molecule has 0 aliphatic heterocycles. The molecule has 170 valence electrons. The highest BCUT2D eigenvalue weighted by Gasteiger charge is 2.17. The largest absolute Gasteiger partial charge is 0.503 e. The highest BCUT2D eigenvalue weighted by atomic mass is 79.9. The third kappa shape index (κ3) is 4.76. The van der Waals surface area contributed by atoms with E-state index in [-0.39, 0.29) is 5.75 Å². The normalized spacial score (nSPS) is 11.8. The summed E-state index contributed by atoms with van der Waals surface area (Å²) < 4.78 is 23.9. The van der Waals surface area contributed by atoms with Crippen molar-refractivity contribution < 1.29 is 24.1 Å². The lowest BCUT2D eigenvalue weighted by Gasteiger charge is -2.14. The second-order valence-corrected chi connectivity index (χ2v) is 8.09. The number of aromatic hydroxyl groups is 1. The summed E-state index contributed by atoms with van der Waals surface area (Å²) in [5.41, 5.74) is 2.38. The fourth-order valence-electron chi connectivity index (χ4n) is 3.03. The number of hydrogen-bond donors (Lipinski definition) is 1. The summed E-state index contributed by atoms with van der Waals surface area (Å²) >= 11 is 4.81. The Bertz CT molecular complexity index is 1180. The van der Waals surface area contributed by atoms with Crippen LogP contribution in [0.25, 0.3) is 11.3 Å². The number of rotatable bonds is 8. The smallest absolute Gasteiger partial charge is 0.206 e. The number of halogens is 1. The zero-order chi connectivity index (χ0) is 23.3. The van der Waals surface area contributed by atoms with Gasteiger partial charge in [0.05, 0.1) is 44.8 Å². The molecule has 0 atom stereocenters. The minimum absolute atomic E-state index is 0.0348. The fourth-order valence-corrected chi connectivity index (χ4v) is 4.39. The Morgan fingerprint density at radius 1 is 1.00 bits per heavy atom. The van der Waals surface area contributed by atoms with Crippen LogP contribution in [-0.4, -0.2) is 51.0 Å². The van der Waals surface area contributed by atoms with Crippen molar-refractivity contribution in [3.8, 4) is 40.0 Å². The number of aromatic nitrogens is 1. The van der Waals surface area contributed by atoms with Crippen molar-refractivity contribution in [3.63, 3.8) is 0 Å². The summed E-state index contributed by atoms with van der Waals surface area (Å²) in [4.78, 5) is 5.29. The molecule has 0 spiro atoms. The monoisotopic (exact) mass is 521 g/mol. The molecule has 8 nitrogen and oxygen atoms in total. The van der Waals surface area contributed by atoms with Crippen LogP contribution >= 0.6 is 27.3 Å². The molecular formula is C22H24BrN3O5S. The highest BCUT2D eigenvalue weighted by molar-refractivity contribution is 9.10. The minimum atomic E-state index is 0.0348. The number of thiazole rings is 1. The Morgan fingerprint density at radius 3 is 2.22 bits per heavy atom. The molecule has 0 radical (unpaired) electrons. The van der Waals surface area contributed by atoms with Gasteiger partial charge in [-0.05, 0) is 52.7 Å². The quantitative estimate of drug-likeness (QED) is 0.440. The van der Waals surface area contributed by atoms with E-state index >= 15 is 0 Å². The molecule has 32 heavy (non-hydrogen) atoms. The van der Waals surface area contributed by atoms with E-state index in [1.165, 1.54) is 18.4 Å². The summed E-state index contributed by atoms with van der Waals surface area (Å²) in [5, 5.41) is 16.7. The van der Waals surface area contributed by atoms with E-state index in [9.17, 15) is 5.11 Å². The van der Waals surface area contributed by atoms with Crippen molar-refractivity contribution in [1.29, 1.82) is 0 Å². The molecule has 0 bridgehead atoms. The van der Waals surface area contributed by atoms with Gasteiger partial charge in [0.1, 0.15) is 0 Å². The molecule has 0 fully saturated rings. The van der Waals surface area contributed by atoms with Gasteiger partial charge in [0.25, 0.3) is 0 Å². The number of phenolic OH excluding ortho intramolecular Hbond substituents is 1. The molecule has 0 saturated heterocycles. The van der Waals surface area contributed by atoms with Gasteiger partial charge in [-0.15, -0.1) is 11.3 Å². The van der Waals surface area contributed by atoms with Gasteiger partial charge in [0, 0.05) is 17.5 Å². The van der Waals surface area contributed by atoms with E-state index < -0.39 is 0 Å². The Balaban J connectivity index is 2.15. The van der Waals surface area contributed by atoms with Crippen molar-refractivity contribution in [2.75, 3.05) is 35.0 Å². The van der Waals surface area contributed by atoms with Gasteiger partial charge in [0.15, 0.2) is 23.0 Å². The molecule has 3 aromatic rings. The van der Waals surface area contributed by atoms with Crippen molar-refractivity contribution >= 4 is 33.5 Å². The predicted octanol–water partition coefficient (Wildman–Crippen LogP) is 4.52. The molecule has 1 aromatic heterocycles. The van der Waals surface area contributed by atoms with Gasteiger partial charge < -0.3 is 24.1 Å². The maximum Gasteiger partial charge on any atom is 0.206 e. The van der Waals surface area contributed by atoms with Gasteiger partial charge in [-0.25, -0.2) is 4.68 Å². The molecule has 0 amide bonds. The molecule has 0 saturated carbocycles. The number of benzene rings is 2. The molecule has 0 aliphatic carbocycles. The lowest BCUT2D eigenvalue weighted by molar-refractivity contribution is 0.324. The maximum atomic E-state index is 10.1. The van der Waals surface area contributed by atoms with Crippen molar-refractivity contribution in [2.45, 2.75) is 6.92 Å². The molecular weight excluding hydrogens is 498 g/mol. The third-order valence-electron chi connectivity index (χ3n) is 4.53. The molecule has 2 aromatic carbocycles. The summed E-state index contributed by atoms with van der Waals surface area (Å²) in [6.07, 6.45) is 1.68. The second kappa shape index (κ2) is 10.6. The molecule has 3 rings (SSSR count). The standard InChI is InChI=1S/C22H24BrN3O5S/c1-6-24-22-26(25-11-13-7-15(23)20(27)17(8-13)28-2)16(12-32-22)14-9-18(29-3)21(31-5)19(10-14)30-4/h7-12,27H,6H2,1-5H3. The molecule has 0 unspecified atom stereocenters. The molecule has 1 N–H and O–H groups in total. The first-order valence-corrected chi connectivity index (χ1v) is 11.3. The van der Waals surface area contributed by atoms with Crippen LogP contribution in [0.4, 0.5) is 0 Å². The van der Waals surface area contributed by atoms with Crippen molar-refractivity contribution in [1.82, 2.24) is 4.68 Å². The number of ether oxygens (including phenoxy) is 4. The van der Waals surface area contributed by atoms with Gasteiger partial charge in [-0.3, -0.25) is 4.99 Å². The van der Waals surface area contributed by atoms with E-state index in [0.29, 0.717) is 34.0 Å². The number of phenols is 1. The van der Waals surface area contributed by atoms with Crippen LogP contribution < -0.4 is 23.7 Å². The van der Waals surface area contributed by atoms with Crippen LogP contribution in [0.15, 0.2) is 44.2 Å². The Kier molecular flexibility index (Phi) is 7.81. The van der Waals surface area contributed by atoms with Gasteiger partial charge >= 0.3 is 0 Å². The SMILES string of the molecule is CCN=c1scc(-c2cc(OC)c(OC)c(OC)c2)n1N=Cc1cc(Br)c(O)c(OC)c1. The first kappa shape index (κ1) is 23.7. The van der Waals surface area contributed by atoms with Crippen LogP contribution in [-0.2, 0) is 0 Å². The summed E-state index contributed by atoms with van der Waals surface area (Å²) in [5.74, 6) is 1.99. The Morgan fingerprint density at radius 2 is 1.66 bits per heavy atom. The first-order valence-electron chi connectivity index (χ1n) is 9.59.